The van der Waals surface area contributed by atoms with E-state index in [1.165, 1.54) is 0 Å². The molecule has 3 nitrogen and oxygen atoms in total. The first kappa shape index (κ1) is 10.5. The number of anilines is 1. The van der Waals surface area contributed by atoms with Crippen LogP contribution in [-0.2, 0) is 0 Å². The van der Waals surface area contributed by atoms with Gasteiger partial charge in [0.25, 0.3) is 0 Å². The number of aryl methyl sites for hydroxylation is 1. The normalized spacial score (nSPS) is 11.9. The number of aromatic nitrogens is 1. The summed E-state index contributed by atoms with van der Waals surface area (Å²) in [4.78, 5) is 4.16. The highest BCUT2D eigenvalue weighted by Gasteiger charge is 2.07. The van der Waals surface area contributed by atoms with Crippen molar-refractivity contribution in [2.24, 2.45) is 0 Å². The maximum absolute atomic E-state index is 8.95. The van der Waals surface area contributed by atoms with Crippen LogP contribution in [0.15, 0.2) is 12.3 Å². The molecule has 1 heterocycles. The van der Waals surface area contributed by atoms with Gasteiger partial charge in [0.05, 0.1) is 5.56 Å². The lowest BCUT2D eigenvalue weighted by atomic mass is 10.1. The molecule has 0 aliphatic carbocycles. The lowest BCUT2D eigenvalue weighted by Gasteiger charge is -2.13. The number of hydrogen-bond donors (Lipinski definition) is 1. The molecule has 1 rings (SSSR count). The Kier molecular flexibility index (Phi) is 3.47. The van der Waals surface area contributed by atoms with E-state index in [0.717, 1.165) is 12.0 Å². The van der Waals surface area contributed by atoms with E-state index in [1.807, 2.05) is 13.0 Å². The summed E-state index contributed by atoms with van der Waals surface area (Å²) < 4.78 is 0. The van der Waals surface area contributed by atoms with Crippen molar-refractivity contribution in [3.63, 3.8) is 0 Å². The number of nitriles is 1. The lowest BCUT2D eigenvalue weighted by molar-refractivity contribution is 0.758. The van der Waals surface area contributed by atoms with Crippen LogP contribution in [0.5, 0.6) is 0 Å². The van der Waals surface area contributed by atoms with Gasteiger partial charge in [0.15, 0.2) is 0 Å². The first-order chi connectivity index (χ1) is 6.69. The van der Waals surface area contributed by atoms with Crippen molar-refractivity contribution < 1.29 is 0 Å². The van der Waals surface area contributed by atoms with Gasteiger partial charge in [-0.3, -0.25) is 0 Å². The maximum atomic E-state index is 8.95. The van der Waals surface area contributed by atoms with Crippen molar-refractivity contribution in [3.8, 4) is 6.07 Å². The second-order valence-electron chi connectivity index (χ2n) is 3.42. The minimum atomic E-state index is 0.344. The van der Waals surface area contributed by atoms with Crippen LogP contribution in [0.3, 0.4) is 0 Å². The summed E-state index contributed by atoms with van der Waals surface area (Å²) in [5.74, 6) is 0.696. The smallest absolute Gasteiger partial charge is 0.144 e. The molecule has 0 bridgehead atoms. The highest BCUT2D eigenvalue weighted by atomic mass is 15.0. The predicted octanol–water partition coefficient (Wildman–Crippen LogP) is 2.47. The van der Waals surface area contributed by atoms with Crippen molar-refractivity contribution in [2.75, 3.05) is 5.32 Å². The standard InChI is InChI=1S/C11H15N3/c1-4-9(3)14-11-10(7-12)8(2)5-6-13-11/h5-6,9H,4H2,1-3H3,(H,13,14). The van der Waals surface area contributed by atoms with Gasteiger partial charge in [-0.15, -0.1) is 0 Å². The number of hydrogen-bond acceptors (Lipinski definition) is 3. The Bertz CT molecular complexity index is 352. The molecule has 14 heavy (non-hydrogen) atoms. The Balaban J connectivity index is 2.98. The molecule has 1 atom stereocenters. The van der Waals surface area contributed by atoms with Gasteiger partial charge in [0.1, 0.15) is 11.9 Å². The van der Waals surface area contributed by atoms with Crippen molar-refractivity contribution in [1.82, 2.24) is 4.98 Å². The van der Waals surface area contributed by atoms with Gasteiger partial charge in [-0.2, -0.15) is 5.26 Å². The van der Waals surface area contributed by atoms with Gasteiger partial charge >= 0.3 is 0 Å². The first-order valence-corrected chi connectivity index (χ1v) is 4.81. The molecule has 0 aromatic carbocycles. The summed E-state index contributed by atoms with van der Waals surface area (Å²) in [5, 5.41) is 12.2. The van der Waals surface area contributed by atoms with Crippen molar-refractivity contribution >= 4 is 5.82 Å². The second kappa shape index (κ2) is 4.61. The zero-order valence-corrected chi connectivity index (χ0v) is 8.83. The van der Waals surface area contributed by atoms with Crippen LogP contribution in [0.2, 0.25) is 0 Å². The van der Waals surface area contributed by atoms with E-state index in [0.29, 0.717) is 17.4 Å². The van der Waals surface area contributed by atoms with Crippen molar-refractivity contribution in [1.29, 1.82) is 5.26 Å². The van der Waals surface area contributed by atoms with Crippen LogP contribution >= 0.6 is 0 Å². The molecule has 1 unspecified atom stereocenters. The third-order valence-corrected chi connectivity index (χ3v) is 2.27. The number of nitrogens with zero attached hydrogens (tertiary/aromatic N) is 2. The van der Waals surface area contributed by atoms with Crippen LogP contribution < -0.4 is 5.32 Å². The minimum absolute atomic E-state index is 0.344. The van der Waals surface area contributed by atoms with Gasteiger partial charge in [0, 0.05) is 12.2 Å². The van der Waals surface area contributed by atoms with Crippen LogP contribution in [-0.4, -0.2) is 11.0 Å². The second-order valence-corrected chi connectivity index (χ2v) is 3.42. The van der Waals surface area contributed by atoms with Crippen molar-refractivity contribution in [2.45, 2.75) is 33.2 Å². The number of rotatable bonds is 3. The fraction of sp³-hybridized carbons (Fsp3) is 0.455. The topological polar surface area (TPSA) is 48.7 Å². The van der Waals surface area contributed by atoms with E-state index < -0.39 is 0 Å². The fourth-order valence-corrected chi connectivity index (χ4v) is 1.14. The monoisotopic (exact) mass is 189 g/mol. The van der Waals surface area contributed by atoms with Crippen molar-refractivity contribution in [3.05, 3.63) is 23.4 Å². The average Bonchev–Trinajstić information content (AvgIpc) is 2.18. The molecule has 0 aliphatic rings. The fourth-order valence-electron chi connectivity index (χ4n) is 1.14. The SMILES string of the molecule is CCC(C)Nc1nccc(C)c1C#N. The minimum Gasteiger partial charge on any atom is -0.367 e. The van der Waals surface area contributed by atoms with Gasteiger partial charge < -0.3 is 5.32 Å². The van der Waals surface area contributed by atoms with E-state index in [1.54, 1.807) is 6.20 Å². The van der Waals surface area contributed by atoms with Crippen LogP contribution in [0, 0.1) is 18.3 Å². The van der Waals surface area contributed by atoms with Gasteiger partial charge in [-0.05, 0) is 31.9 Å². The molecule has 0 saturated carbocycles. The Morgan fingerprint density at radius 1 is 1.64 bits per heavy atom. The molecule has 1 aromatic rings. The summed E-state index contributed by atoms with van der Waals surface area (Å²) in [5.41, 5.74) is 1.61. The number of nitrogens with one attached hydrogen (secondary N) is 1. The van der Waals surface area contributed by atoms with E-state index in [-0.39, 0.29) is 0 Å². The van der Waals surface area contributed by atoms with E-state index in [9.17, 15) is 0 Å². The molecule has 0 amide bonds. The highest BCUT2D eigenvalue weighted by Crippen LogP contribution is 2.16. The third kappa shape index (κ3) is 2.23. The highest BCUT2D eigenvalue weighted by molar-refractivity contribution is 5.55. The quantitative estimate of drug-likeness (QED) is 0.794. The molecule has 0 saturated heterocycles. The summed E-state index contributed by atoms with van der Waals surface area (Å²) in [6.07, 6.45) is 2.74. The Morgan fingerprint density at radius 2 is 2.36 bits per heavy atom. The summed E-state index contributed by atoms with van der Waals surface area (Å²) in [6.45, 7) is 6.09. The lowest BCUT2D eigenvalue weighted by Crippen LogP contribution is -2.15. The summed E-state index contributed by atoms with van der Waals surface area (Å²) in [7, 11) is 0. The zero-order valence-electron chi connectivity index (χ0n) is 8.83. The van der Waals surface area contributed by atoms with Crippen LogP contribution in [0.4, 0.5) is 5.82 Å². The largest absolute Gasteiger partial charge is 0.367 e. The molecule has 1 aromatic heterocycles. The Labute approximate surface area is 84.8 Å². The van der Waals surface area contributed by atoms with E-state index in [2.05, 4.69) is 30.2 Å². The molecular formula is C11H15N3. The third-order valence-electron chi connectivity index (χ3n) is 2.27. The van der Waals surface area contributed by atoms with Gasteiger partial charge in [0.2, 0.25) is 0 Å². The zero-order chi connectivity index (χ0) is 10.6. The average molecular weight is 189 g/mol. The van der Waals surface area contributed by atoms with E-state index >= 15 is 0 Å². The molecule has 0 fully saturated rings. The molecule has 0 spiro atoms. The summed E-state index contributed by atoms with van der Waals surface area (Å²) in [6, 6.07) is 4.36. The van der Waals surface area contributed by atoms with Gasteiger partial charge in [-0.1, -0.05) is 6.92 Å². The van der Waals surface area contributed by atoms with Crippen LogP contribution in [0.25, 0.3) is 0 Å². The Morgan fingerprint density at radius 3 is 2.93 bits per heavy atom. The molecule has 3 heteroatoms. The predicted molar refractivity (Wildman–Crippen MR) is 57.1 cm³/mol. The molecule has 1 N–H and O–H groups in total. The molecular weight excluding hydrogens is 174 g/mol. The van der Waals surface area contributed by atoms with Gasteiger partial charge in [-0.25, -0.2) is 4.98 Å². The Hall–Kier alpha value is -1.56. The van der Waals surface area contributed by atoms with E-state index in [4.69, 9.17) is 5.26 Å². The molecule has 74 valence electrons. The maximum Gasteiger partial charge on any atom is 0.144 e. The molecule has 0 radical (unpaired) electrons. The van der Waals surface area contributed by atoms with Crippen LogP contribution in [0.1, 0.15) is 31.4 Å². The molecule has 0 aliphatic heterocycles. The number of pyridine rings is 1. The first-order valence-electron chi connectivity index (χ1n) is 4.81. The summed E-state index contributed by atoms with van der Waals surface area (Å²) >= 11 is 0.